The second-order valence-corrected chi connectivity index (χ2v) is 9.74. The van der Waals surface area contributed by atoms with Gasteiger partial charge in [-0.3, -0.25) is 4.79 Å². The van der Waals surface area contributed by atoms with Crippen molar-refractivity contribution < 1.29 is 14.4 Å². The van der Waals surface area contributed by atoms with Gasteiger partial charge >= 0.3 is 5.97 Å². The molecule has 3 aromatic carbocycles. The number of aryl methyl sites for hydroxylation is 1. The van der Waals surface area contributed by atoms with Crippen LogP contribution in [0.1, 0.15) is 32.0 Å². The summed E-state index contributed by atoms with van der Waals surface area (Å²) in [7, 11) is 0. The van der Waals surface area contributed by atoms with Gasteiger partial charge in [-0.05, 0) is 79.7 Å². The molecule has 0 saturated heterocycles. The van der Waals surface area contributed by atoms with Gasteiger partial charge < -0.3 is 14.3 Å². The second kappa shape index (κ2) is 10.6. The molecule has 0 bridgehead atoms. The van der Waals surface area contributed by atoms with Crippen LogP contribution in [-0.4, -0.2) is 28.7 Å². The Morgan fingerprint density at radius 1 is 0.919 bits per heavy atom. The van der Waals surface area contributed by atoms with Gasteiger partial charge in [-0.2, -0.15) is 0 Å². The van der Waals surface area contributed by atoms with Crippen LogP contribution in [0.5, 0.6) is 0 Å². The topological polar surface area (TPSA) is 63.9 Å². The van der Waals surface area contributed by atoms with Crippen molar-refractivity contribution in [3.63, 3.8) is 0 Å². The molecule has 1 aromatic heterocycles. The molecule has 6 nitrogen and oxygen atoms in total. The van der Waals surface area contributed by atoms with E-state index in [1.54, 1.807) is 53.4 Å². The number of carbonyl (C=O) groups is 2. The molecule has 0 spiro atoms. The summed E-state index contributed by atoms with van der Waals surface area (Å²) >= 11 is 12.0. The number of aromatic nitrogens is 1. The van der Waals surface area contributed by atoms with Gasteiger partial charge in [0.15, 0.2) is 0 Å². The number of fused-ring (bicyclic) bond motifs is 1. The van der Waals surface area contributed by atoms with E-state index in [0.717, 1.165) is 16.9 Å². The molecule has 0 radical (unpaired) electrons. The van der Waals surface area contributed by atoms with Gasteiger partial charge in [0, 0.05) is 46.5 Å². The Morgan fingerprint density at radius 3 is 2.19 bits per heavy atom. The number of hydrogen-bond acceptors (Lipinski definition) is 4. The molecule has 2 heterocycles. The van der Waals surface area contributed by atoms with Gasteiger partial charge in [-0.15, -0.1) is 0 Å². The van der Waals surface area contributed by atoms with Gasteiger partial charge in [0.2, 0.25) is 0 Å². The van der Waals surface area contributed by atoms with Crippen molar-refractivity contribution >= 4 is 46.5 Å². The second-order valence-electron chi connectivity index (χ2n) is 8.86. The molecular weight excluding hydrogens is 509 g/mol. The van der Waals surface area contributed by atoms with E-state index in [4.69, 9.17) is 28.0 Å². The number of anilines is 1. The molecule has 1 aliphatic rings. The van der Waals surface area contributed by atoms with Gasteiger partial charge in [-0.25, -0.2) is 4.79 Å². The average Bonchev–Trinajstić information content (AvgIpc) is 3.48. The van der Waals surface area contributed by atoms with E-state index in [1.807, 2.05) is 54.1 Å². The first-order valence-electron chi connectivity index (χ1n) is 11.7. The molecule has 1 unspecified atom stereocenters. The fourth-order valence-electron chi connectivity index (χ4n) is 4.33. The van der Waals surface area contributed by atoms with Gasteiger partial charge in [0.05, 0.1) is 11.3 Å². The monoisotopic (exact) mass is 531 g/mol. The Bertz CT molecular complexity index is 1460. The fourth-order valence-corrected chi connectivity index (χ4v) is 4.58. The van der Waals surface area contributed by atoms with Gasteiger partial charge in [0.25, 0.3) is 5.91 Å². The van der Waals surface area contributed by atoms with Crippen molar-refractivity contribution in [2.75, 3.05) is 11.4 Å². The van der Waals surface area contributed by atoms with Crippen molar-refractivity contribution in [1.82, 2.24) is 4.57 Å². The zero-order valence-electron chi connectivity index (χ0n) is 20.0. The predicted octanol–water partition coefficient (Wildman–Crippen LogP) is 6.64. The van der Waals surface area contributed by atoms with Crippen LogP contribution in [0.4, 0.5) is 5.69 Å². The Labute approximate surface area is 224 Å². The summed E-state index contributed by atoms with van der Waals surface area (Å²) in [6.45, 7) is 2.93. The molecule has 1 amide bonds. The molecule has 0 fully saturated rings. The number of oxime groups is 1. The lowest BCUT2D eigenvalue weighted by Gasteiger charge is -2.26. The molecular formula is C29H23Cl2N3O3. The average molecular weight is 532 g/mol. The van der Waals surface area contributed by atoms with E-state index < -0.39 is 5.97 Å². The normalized spacial score (nSPS) is 15.4. The minimum absolute atomic E-state index is 0.158. The molecule has 1 atom stereocenters. The fraction of sp³-hybridized carbons (Fsp3) is 0.138. The van der Waals surface area contributed by atoms with Gasteiger partial charge in [-0.1, -0.05) is 46.1 Å². The van der Waals surface area contributed by atoms with Crippen molar-refractivity contribution in [3.8, 4) is 0 Å². The van der Waals surface area contributed by atoms with Crippen molar-refractivity contribution in [2.24, 2.45) is 11.1 Å². The maximum absolute atomic E-state index is 13.7. The van der Waals surface area contributed by atoms with Crippen molar-refractivity contribution in [2.45, 2.75) is 13.5 Å². The number of rotatable bonds is 6. The highest BCUT2D eigenvalue weighted by molar-refractivity contribution is 6.31. The molecule has 0 aliphatic carbocycles. The zero-order valence-corrected chi connectivity index (χ0v) is 21.5. The molecule has 0 N–H and O–H groups in total. The van der Waals surface area contributed by atoms with E-state index in [9.17, 15) is 9.59 Å². The Hall–Kier alpha value is -3.87. The van der Waals surface area contributed by atoms with E-state index >= 15 is 0 Å². The van der Waals surface area contributed by atoms with E-state index in [2.05, 4.69) is 5.16 Å². The summed E-state index contributed by atoms with van der Waals surface area (Å²) in [5, 5.41) is 5.37. The summed E-state index contributed by atoms with van der Waals surface area (Å²) in [6, 6.07) is 24.9. The maximum atomic E-state index is 13.7. The number of benzene rings is 3. The Morgan fingerprint density at radius 2 is 1.54 bits per heavy atom. The third kappa shape index (κ3) is 5.45. The van der Waals surface area contributed by atoms with Crippen LogP contribution in [0.3, 0.4) is 0 Å². The molecule has 1 aliphatic heterocycles. The van der Waals surface area contributed by atoms with Crippen LogP contribution in [0.2, 0.25) is 10.0 Å². The number of halogens is 2. The standard InChI is InChI=1S/C29H23Cl2N3O3/c1-19-4-14-25(15-5-19)34(28(35)20-6-10-23(30)11-7-20)18-22-17-33-16-2-3-26(33)27(22)32-37-29(36)21-8-12-24(31)13-9-21/h2-16,22H,17-18H2,1H3. The molecule has 186 valence electrons. The van der Waals surface area contributed by atoms with Crippen LogP contribution in [0, 0.1) is 12.8 Å². The lowest BCUT2D eigenvalue weighted by molar-refractivity contribution is 0.0514. The van der Waals surface area contributed by atoms with Crippen LogP contribution >= 0.6 is 23.2 Å². The van der Waals surface area contributed by atoms with Crippen LogP contribution < -0.4 is 4.90 Å². The minimum atomic E-state index is -0.583. The summed E-state index contributed by atoms with van der Waals surface area (Å²) in [5.74, 6) is -0.943. The van der Waals surface area contributed by atoms with Crippen LogP contribution in [0.25, 0.3) is 0 Å². The first kappa shape index (κ1) is 24.8. The zero-order chi connectivity index (χ0) is 25.9. The maximum Gasteiger partial charge on any atom is 0.365 e. The lowest BCUT2D eigenvalue weighted by atomic mass is 10.0. The summed E-state index contributed by atoms with van der Waals surface area (Å²) in [6.07, 6.45) is 1.95. The van der Waals surface area contributed by atoms with E-state index in [1.165, 1.54) is 0 Å². The first-order valence-corrected chi connectivity index (χ1v) is 12.5. The third-order valence-electron chi connectivity index (χ3n) is 6.29. The largest absolute Gasteiger partial charge is 0.365 e. The Kier molecular flexibility index (Phi) is 7.12. The number of carbonyl (C=O) groups excluding carboxylic acids is 2. The molecule has 8 heteroatoms. The smallest absolute Gasteiger partial charge is 0.346 e. The highest BCUT2D eigenvalue weighted by atomic mass is 35.5. The SMILES string of the molecule is Cc1ccc(N(CC2Cn3cccc3C2=NOC(=O)c2ccc(Cl)cc2)C(=O)c2ccc(Cl)cc2)cc1. The van der Waals surface area contributed by atoms with Gasteiger partial charge in [0.1, 0.15) is 5.71 Å². The molecule has 0 saturated carbocycles. The predicted molar refractivity (Wildman–Crippen MR) is 146 cm³/mol. The van der Waals surface area contributed by atoms with E-state index in [0.29, 0.717) is 40.0 Å². The number of nitrogens with zero attached hydrogens (tertiary/aromatic N) is 3. The summed E-state index contributed by atoms with van der Waals surface area (Å²) in [4.78, 5) is 33.4. The minimum Gasteiger partial charge on any atom is -0.346 e. The van der Waals surface area contributed by atoms with Crippen LogP contribution in [0.15, 0.2) is 96.3 Å². The number of amides is 1. The summed E-state index contributed by atoms with van der Waals surface area (Å²) < 4.78 is 2.04. The number of hydrogen-bond donors (Lipinski definition) is 0. The van der Waals surface area contributed by atoms with Crippen LogP contribution in [-0.2, 0) is 11.4 Å². The quantitative estimate of drug-likeness (QED) is 0.207. The highest BCUT2D eigenvalue weighted by Crippen LogP contribution is 2.27. The molecule has 4 aromatic rings. The molecule has 37 heavy (non-hydrogen) atoms. The summed E-state index contributed by atoms with van der Waals surface area (Å²) in [5.41, 5.74) is 4.17. The first-order chi connectivity index (χ1) is 17.9. The van der Waals surface area contributed by atoms with Crippen molar-refractivity contribution in [3.05, 3.63) is 124 Å². The molecule has 5 rings (SSSR count). The Balaban J connectivity index is 1.45. The lowest BCUT2D eigenvalue weighted by Crippen LogP contribution is -2.37. The van der Waals surface area contributed by atoms with E-state index in [-0.39, 0.29) is 11.8 Å². The van der Waals surface area contributed by atoms with Crippen molar-refractivity contribution in [1.29, 1.82) is 0 Å². The third-order valence-corrected chi connectivity index (χ3v) is 6.79. The highest BCUT2D eigenvalue weighted by Gasteiger charge is 2.33.